The summed E-state index contributed by atoms with van der Waals surface area (Å²) < 4.78 is 0. The number of nitrogens with zero attached hydrogens (tertiary/aromatic N) is 1. The van der Waals surface area contributed by atoms with E-state index in [4.69, 9.17) is 0 Å². The van der Waals surface area contributed by atoms with E-state index >= 15 is 0 Å². The summed E-state index contributed by atoms with van der Waals surface area (Å²) in [5, 5.41) is 8.49. The van der Waals surface area contributed by atoms with Gasteiger partial charge in [0.1, 0.15) is 5.01 Å². The summed E-state index contributed by atoms with van der Waals surface area (Å²) in [6, 6.07) is -0.157. The van der Waals surface area contributed by atoms with E-state index in [2.05, 4.69) is 15.6 Å². The van der Waals surface area contributed by atoms with Crippen LogP contribution in [0.15, 0.2) is 5.38 Å². The maximum Gasteiger partial charge on any atom is 0.315 e. The zero-order valence-corrected chi connectivity index (χ0v) is 10.4. The fourth-order valence-electron chi connectivity index (χ4n) is 1.02. The third-order valence-electron chi connectivity index (χ3n) is 1.56. The standard InChI is InChI=1S/C10H17N3OS/c1-7-6-15-8(12-7)5-11-9(14)13-10(2,3)4/h6H,5H2,1-4H3,(H2,11,13,14). The quantitative estimate of drug-likeness (QED) is 0.812. The molecule has 0 aromatic carbocycles. The highest BCUT2D eigenvalue weighted by Crippen LogP contribution is 2.07. The van der Waals surface area contributed by atoms with Crippen LogP contribution in [0.25, 0.3) is 0 Å². The van der Waals surface area contributed by atoms with Crippen molar-refractivity contribution in [2.45, 2.75) is 39.8 Å². The minimum atomic E-state index is -0.205. The average molecular weight is 227 g/mol. The molecule has 0 unspecified atom stereocenters. The summed E-state index contributed by atoms with van der Waals surface area (Å²) in [5.74, 6) is 0. The molecule has 0 spiro atoms. The Morgan fingerprint density at radius 2 is 2.20 bits per heavy atom. The minimum absolute atomic E-state index is 0.157. The molecule has 0 aliphatic carbocycles. The first-order chi connectivity index (χ1) is 6.87. The number of nitrogens with one attached hydrogen (secondary N) is 2. The van der Waals surface area contributed by atoms with Crippen LogP contribution >= 0.6 is 11.3 Å². The zero-order chi connectivity index (χ0) is 11.5. The highest BCUT2D eigenvalue weighted by Gasteiger charge is 2.13. The lowest BCUT2D eigenvalue weighted by atomic mass is 10.1. The van der Waals surface area contributed by atoms with E-state index in [1.54, 1.807) is 11.3 Å². The van der Waals surface area contributed by atoms with Crippen LogP contribution in [0, 0.1) is 6.92 Å². The average Bonchev–Trinajstić information content (AvgIpc) is 2.45. The van der Waals surface area contributed by atoms with Crippen molar-refractivity contribution in [2.24, 2.45) is 0 Å². The first-order valence-electron chi connectivity index (χ1n) is 4.84. The maximum absolute atomic E-state index is 11.4. The molecule has 0 saturated heterocycles. The first-order valence-corrected chi connectivity index (χ1v) is 5.72. The zero-order valence-electron chi connectivity index (χ0n) is 9.55. The summed E-state index contributed by atoms with van der Waals surface area (Å²) in [6.07, 6.45) is 0. The fraction of sp³-hybridized carbons (Fsp3) is 0.600. The van der Waals surface area contributed by atoms with E-state index in [1.807, 2.05) is 33.1 Å². The molecule has 4 nitrogen and oxygen atoms in total. The molecule has 0 aliphatic heterocycles. The molecule has 0 bridgehead atoms. The second-order valence-corrected chi connectivity index (χ2v) is 5.38. The Balaban J connectivity index is 2.35. The van der Waals surface area contributed by atoms with Crippen molar-refractivity contribution < 1.29 is 4.79 Å². The van der Waals surface area contributed by atoms with Crippen LogP contribution in [0.4, 0.5) is 4.79 Å². The number of amides is 2. The topological polar surface area (TPSA) is 54.0 Å². The van der Waals surface area contributed by atoms with Crippen LogP contribution in [0.5, 0.6) is 0 Å². The van der Waals surface area contributed by atoms with Gasteiger partial charge in [-0.2, -0.15) is 0 Å². The highest BCUT2D eigenvalue weighted by atomic mass is 32.1. The van der Waals surface area contributed by atoms with Crippen molar-refractivity contribution in [2.75, 3.05) is 0 Å². The van der Waals surface area contributed by atoms with E-state index in [-0.39, 0.29) is 11.6 Å². The summed E-state index contributed by atoms with van der Waals surface area (Å²) in [7, 11) is 0. The molecule has 5 heteroatoms. The molecule has 15 heavy (non-hydrogen) atoms. The van der Waals surface area contributed by atoms with Crippen LogP contribution in [-0.2, 0) is 6.54 Å². The van der Waals surface area contributed by atoms with Gasteiger partial charge < -0.3 is 10.6 Å². The van der Waals surface area contributed by atoms with Gasteiger partial charge in [0.15, 0.2) is 0 Å². The van der Waals surface area contributed by atoms with Crippen molar-refractivity contribution in [3.8, 4) is 0 Å². The monoisotopic (exact) mass is 227 g/mol. The van der Waals surface area contributed by atoms with Crippen LogP contribution < -0.4 is 10.6 Å². The van der Waals surface area contributed by atoms with Gasteiger partial charge in [-0.05, 0) is 27.7 Å². The molecule has 0 fully saturated rings. The smallest absolute Gasteiger partial charge is 0.315 e. The van der Waals surface area contributed by atoms with Crippen molar-refractivity contribution >= 4 is 17.4 Å². The molecule has 84 valence electrons. The number of carbonyl (C=O) groups excluding carboxylic acids is 1. The number of rotatable bonds is 2. The Morgan fingerprint density at radius 3 is 2.67 bits per heavy atom. The van der Waals surface area contributed by atoms with Gasteiger partial charge in [0, 0.05) is 16.6 Å². The number of hydrogen-bond acceptors (Lipinski definition) is 3. The van der Waals surface area contributed by atoms with E-state index in [9.17, 15) is 4.79 Å². The Hall–Kier alpha value is -1.10. The molecular formula is C10H17N3OS. The molecule has 0 saturated carbocycles. The van der Waals surface area contributed by atoms with Gasteiger partial charge in [0.2, 0.25) is 0 Å². The van der Waals surface area contributed by atoms with Crippen molar-refractivity contribution in [1.29, 1.82) is 0 Å². The van der Waals surface area contributed by atoms with Gasteiger partial charge in [-0.1, -0.05) is 0 Å². The lowest BCUT2D eigenvalue weighted by Crippen LogP contribution is -2.46. The van der Waals surface area contributed by atoms with Gasteiger partial charge in [-0.3, -0.25) is 0 Å². The largest absolute Gasteiger partial charge is 0.334 e. The molecule has 1 aromatic rings. The number of aromatic nitrogens is 1. The van der Waals surface area contributed by atoms with E-state index in [0.717, 1.165) is 10.7 Å². The number of carbonyl (C=O) groups is 1. The van der Waals surface area contributed by atoms with Gasteiger partial charge in [-0.15, -0.1) is 11.3 Å². The summed E-state index contributed by atoms with van der Waals surface area (Å²) in [6.45, 7) is 8.26. The van der Waals surface area contributed by atoms with Gasteiger partial charge in [0.05, 0.1) is 6.54 Å². The first kappa shape index (κ1) is 12.0. The lowest BCUT2D eigenvalue weighted by molar-refractivity contribution is 0.231. The highest BCUT2D eigenvalue weighted by molar-refractivity contribution is 7.09. The Kier molecular flexibility index (Phi) is 3.68. The predicted octanol–water partition coefficient (Wildman–Crippen LogP) is 2.05. The van der Waals surface area contributed by atoms with E-state index in [0.29, 0.717) is 6.54 Å². The molecular weight excluding hydrogens is 210 g/mol. The minimum Gasteiger partial charge on any atom is -0.334 e. The van der Waals surface area contributed by atoms with Crippen LogP contribution in [0.3, 0.4) is 0 Å². The second kappa shape index (κ2) is 4.61. The number of urea groups is 1. The van der Waals surface area contributed by atoms with Gasteiger partial charge in [-0.25, -0.2) is 9.78 Å². The number of hydrogen-bond donors (Lipinski definition) is 2. The Morgan fingerprint density at radius 1 is 1.53 bits per heavy atom. The van der Waals surface area contributed by atoms with Crippen molar-refractivity contribution in [3.63, 3.8) is 0 Å². The molecule has 1 aromatic heterocycles. The predicted molar refractivity (Wildman–Crippen MR) is 62.0 cm³/mol. The van der Waals surface area contributed by atoms with Crippen LogP contribution in [0.2, 0.25) is 0 Å². The normalized spacial score (nSPS) is 11.2. The van der Waals surface area contributed by atoms with Crippen molar-refractivity contribution in [1.82, 2.24) is 15.6 Å². The van der Waals surface area contributed by atoms with Gasteiger partial charge in [0.25, 0.3) is 0 Å². The second-order valence-electron chi connectivity index (χ2n) is 4.44. The Labute approximate surface area is 94.1 Å². The summed E-state index contributed by atoms with van der Waals surface area (Å²) >= 11 is 1.56. The molecule has 0 atom stereocenters. The fourth-order valence-corrected chi connectivity index (χ4v) is 1.74. The molecule has 1 heterocycles. The Bertz CT molecular complexity index is 341. The van der Waals surface area contributed by atoms with E-state index < -0.39 is 0 Å². The van der Waals surface area contributed by atoms with Gasteiger partial charge >= 0.3 is 6.03 Å². The molecule has 1 rings (SSSR count). The number of thiazole rings is 1. The van der Waals surface area contributed by atoms with Crippen LogP contribution in [-0.4, -0.2) is 16.6 Å². The molecule has 2 N–H and O–H groups in total. The summed E-state index contributed by atoms with van der Waals surface area (Å²) in [5.41, 5.74) is 0.788. The maximum atomic E-state index is 11.4. The van der Waals surface area contributed by atoms with Crippen molar-refractivity contribution in [3.05, 3.63) is 16.1 Å². The van der Waals surface area contributed by atoms with Crippen LogP contribution in [0.1, 0.15) is 31.5 Å². The SMILES string of the molecule is Cc1csc(CNC(=O)NC(C)(C)C)n1. The third-order valence-corrected chi connectivity index (χ3v) is 2.52. The van der Waals surface area contributed by atoms with E-state index in [1.165, 1.54) is 0 Å². The summed E-state index contributed by atoms with van der Waals surface area (Å²) in [4.78, 5) is 15.6. The molecule has 0 radical (unpaired) electrons. The number of aryl methyl sites for hydroxylation is 1. The lowest BCUT2D eigenvalue weighted by Gasteiger charge is -2.20. The molecule has 2 amide bonds. The third kappa shape index (κ3) is 4.78. The molecule has 0 aliphatic rings.